The van der Waals surface area contributed by atoms with Gasteiger partial charge in [-0.25, -0.2) is 4.39 Å². The maximum Gasteiger partial charge on any atom is 0.240 e. The minimum absolute atomic E-state index is 0.0741. The van der Waals surface area contributed by atoms with Crippen LogP contribution in [0.4, 0.5) is 10.1 Å². The lowest BCUT2D eigenvalue weighted by molar-refractivity contribution is -0.123. The van der Waals surface area contributed by atoms with Crippen LogP contribution in [0.3, 0.4) is 0 Å². The maximum atomic E-state index is 13.1. The van der Waals surface area contributed by atoms with Gasteiger partial charge in [-0.05, 0) is 31.0 Å². The van der Waals surface area contributed by atoms with Crippen molar-refractivity contribution in [3.8, 4) is 0 Å². The molecule has 0 saturated heterocycles. The van der Waals surface area contributed by atoms with Gasteiger partial charge in [-0.2, -0.15) is 0 Å². The molecular formula is C13H15FN2O2. The molecule has 1 aromatic carbocycles. The molecule has 0 aliphatic heterocycles. The molecule has 1 saturated carbocycles. The minimum Gasteiger partial charge on any atom is -0.352 e. The summed E-state index contributed by atoms with van der Waals surface area (Å²) in [6.07, 6.45) is 1.98. The number of carbonyl (C=O) groups is 2. The molecule has 0 aromatic heterocycles. The highest BCUT2D eigenvalue weighted by atomic mass is 19.1. The van der Waals surface area contributed by atoms with E-state index in [2.05, 4.69) is 5.32 Å². The van der Waals surface area contributed by atoms with Gasteiger partial charge in [0.2, 0.25) is 11.8 Å². The van der Waals surface area contributed by atoms with Crippen molar-refractivity contribution in [1.29, 1.82) is 0 Å². The Labute approximate surface area is 105 Å². The maximum absolute atomic E-state index is 13.1. The fraction of sp³-hybridized carbons (Fsp3) is 0.385. The van der Waals surface area contributed by atoms with Crippen molar-refractivity contribution in [2.24, 2.45) is 0 Å². The molecule has 1 aliphatic rings. The van der Waals surface area contributed by atoms with Gasteiger partial charge in [-0.15, -0.1) is 0 Å². The van der Waals surface area contributed by atoms with E-state index in [4.69, 9.17) is 0 Å². The first-order chi connectivity index (χ1) is 8.56. The number of nitrogens with zero attached hydrogens (tertiary/aromatic N) is 1. The third-order valence-electron chi connectivity index (χ3n) is 2.74. The second-order valence-electron chi connectivity index (χ2n) is 4.43. The van der Waals surface area contributed by atoms with E-state index in [-0.39, 0.29) is 24.4 Å². The third kappa shape index (κ3) is 3.29. The van der Waals surface area contributed by atoms with Crippen molar-refractivity contribution in [3.05, 3.63) is 30.1 Å². The number of hydrogen-bond donors (Lipinski definition) is 1. The van der Waals surface area contributed by atoms with Crippen LogP contribution in [-0.2, 0) is 9.59 Å². The van der Waals surface area contributed by atoms with Crippen LogP contribution in [0.1, 0.15) is 19.8 Å². The lowest BCUT2D eigenvalue weighted by atomic mass is 10.2. The highest BCUT2D eigenvalue weighted by Gasteiger charge is 2.25. The van der Waals surface area contributed by atoms with E-state index in [1.807, 2.05) is 0 Å². The zero-order valence-corrected chi connectivity index (χ0v) is 10.1. The van der Waals surface area contributed by atoms with Gasteiger partial charge in [0.25, 0.3) is 0 Å². The number of hydrogen-bond acceptors (Lipinski definition) is 2. The highest BCUT2D eigenvalue weighted by molar-refractivity contribution is 5.97. The van der Waals surface area contributed by atoms with Gasteiger partial charge in [-0.1, -0.05) is 6.07 Å². The lowest BCUT2D eigenvalue weighted by Crippen LogP contribution is -2.40. The topological polar surface area (TPSA) is 49.4 Å². The zero-order valence-electron chi connectivity index (χ0n) is 10.1. The third-order valence-corrected chi connectivity index (χ3v) is 2.74. The number of nitrogens with one attached hydrogen (secondary N) is 1. The van der Waals surface area contributed by atoms with Gasteiger partial charge in [-0.3, -0.25) is 9.59 Å². The minimum atomic E-state index is -0.429. The van der Waals surface area contributed by atoms with Crippen LogP contribution in [0.25, 0.3) is 0 Å². The molecule has 4 nitrogen and oxygen atoms in total. The van der Waals surface area contributed by atoms with E-state index in [1.165, 1.54) is 30.0 Å². The first-order valence-electron chi connectivity index (χ1n) is 5.89. The average molecular weight is 250 g/mol. The van der Waals surface area contributed by atoms with E-state index in [1.54, 1.807) is 6.07 Å². The lowest BCUT2D eigenvalue weighted by Gasteiger charge is -2.20. The molecule has 1 aliphatic carbocycles. The summed E-state index contributed by atoms with van der Waals surface area (Å²) < 4.78 is 13.1. The first-order valence-corrected chi connectivity index (χ1v) is 5.89. The molecule has 5 heteroatoms. The summed E-state index contributed by atoms with van der Waals surface area (Å²) in [6.45, 7) is 1.28. The van der Waals surface area contributed by atoms with E-state index < -0.39 is 5.82 Å². The quantitative estimate of drug-likeness (QED) is 0.879. The fourth-order valence-electron chi connectivity index (χ4n) is 1.67. The molecule has 0 heterocycles. The Hall–Kier alpha value is -1.91. The number of amides is 2. The largest absolute Gasteiger partial charge is 0.352 e. The summed E-state index contributed by atoms with van der Waals surface area (Å²) in [6, 6.07) is 5.91. The first kappa shape index (κ1) is 12.5. The molecule has 2 amide bonds. The summed E-state index contributed by atoms with van der Waals surface area (Å²) in [5, 5.41) is 2.80. The Kier molecular flexibility index (Phi) is 3.60. The Balaban J connectivity index is 2.07. The summed E-state index contributed by atoms with van der Waals surface area (Å²) >= 11 is 0. The van der Waals surface area contributed by atoms with Crippen molar-refractivity contribution in [2.75, 3.05) is 11.4 Å². The van der Waals surface area contributed by atoms with Crippen LogP contribution in [-0.4, -0.2) is 24.4 Å². The molecule has 96 valence electrons. The zero-order chi connectivity index (χ0) is 13.1. The Morgan fingerprint density at radius 3 is 2.72 bits per heavy atom. The predicted octanol–water partition coefficient (Wildman–Crippen LogP) is 1.46. The molecule has 18 heavy (non-hydrogen) atoms. The van der Waals surface area contributed by atoms with E-state index in [9.17, 15) is 14.0 Å². The van der Waals surface area contributed by atoms with Crippen molar-refractivity contribution in [1.82, 2.24) is 5.32 Å². The molecule has 0 spiro atoms. The summed E-state index contributed by atoms with van der Waals surface area (Å²) in [4.78, 5) is 24.4. The van der Waals surface area contributed by atoms with Gasteiger partial charge >= 0.3 is 0 Å². The van der Waals surface area contributed by atoms with Gasteiger partial charge in [0.1, 0.15) is 12.4 Å². The van der Waals surface area contributed by atoms with E-state index in [0.29, 0.717) is 5.69 Å². The molecule has 1 fully saturated rings. The van der Waals surface area contributed by atoms with Crippen LogP contribution >= 0.6 is 0 Å². The molecule has 0 unspecified atom stereocenters. The molecule has 0 radical (unpaired) electrons. The van der Waals surface area contributed by atoms with E-state index in [0.717, 1.165) is 12.8 Å². The van der Waals surface area contributed by atoms with E-state index >= 15 is 0 Å². The second kappa shape index (κ2) is 5.16. The number of benzene rings is 1. The molecule has 1 N–H and O–H groups in total. The second-order valence-corrected chi connectivity index (χ2v) is 4.43. The Bertz CT molecular complexity index is 472. The highest BCUT2D eigenvalue weighted by Crippen LogP contribution is 2.19. The van der Waals surface area contributed by atoms with Crippen LogP contribution < -0.4 is 10.2 Å². The van der Waals surface area contributed by atoms with Gasteiger partial charge in [0.15, 0.2) is 0 Å². The van der Waals surface area contributed by atoms with Crippen molar-refractivity contribution < 1.29 is 14.0 Å². The average Bonchev–Trinajstić information content (AvgIpc) is 3.09. The van der Waals surface area contributed by atoms with Crippen molar-refractivity contribution in [3.63, 3.8) is 0 Å². The predicted molar refractivity (Wildman–Crippen MR) is 65.6 cm³/mol. The van der Waals surface area contributed by atoms with Crippen LogP contribution in [0.2, 0.25) is 0 Å². The van der Waals surface area contributed by atoms with Crippen LogP contribution in [0, 0.1) is 5.82 Å². The Morgan fingerprint density at radius 2 is 2.17 bits per heavy atom. The van der Waals surface area contributed by atoms with Gasteiger partial charge < -0.3 is 10.2 Å². The number of rotatable bonds is 4. The molecular weight excluding hydrogens is 235 g/mol. The summed E-state index contributed by atoms with van der Waals surface area (Å²) in [5.74, 6) is -0.926. The molecule has 1 aromatic rings. The van der Waals surface area contributed by atoms with Gasteiger partial charge in [0, 0.05) is 18.7 Å². The molecule has 0 atom stereocenters. The number of halogens is 1. The van der Waals surface area contributed by atoms with Crippen molar-refractivity contribution in [2.45, 2.75) is 25.8 Å². The molecule has 0 bridgehead atoms. The smallest absolute Gasteiger partial charge is 0.240 e. The SMILES string of the molecule is CC(=O)N(CC(=O)NC1CC1)c1cccc(F)c1. The normalized spacial score (nSPS) is 14.1. The van der Waals surface area contributed by atoms with Crippen LogP contribution in [0.15, 0.2) is 24.3 Å². The van der Waals surface area contributed by atoms with Crippen molar-refractivity contribution >= 4 is 17.5 Å². The summed E-state index contributed by atoms with van der Waals surface area (Å²) in [7, 11) is 0. The fourth-order valence-corrected chi connectivity index (χ4v) is 1.67. The monoisotopic (exact) mass is 250 g/mol. The molecule has 2 rings (SSSR count). The number of carbonyl (C=O) groups excluding carboxylic acids is 2. The summed E-state index contributed by atoms with van der Waals surface area (Å²) in [5.41, 5.74) is 0.397. The standard InChI is InChI=1S/C13H15FN2O2/c1-9(17)16(8-13(18)15-11-5-6-11)12-4-2-3-10(14)7-12/h2-4,7,11H,5-6,8H2,1H3,(H,15,18). The number of anilines is 1. The van der Waals surface area contributed by atoms with Crippen LogP contribution in [0.5, 0.6) is 0 Å². The van der Waals surface area contributed by atoms with Gasteiger partial charge in [0.05, 0.1) is 0 Å². The Morgan fingerprint density at radius 1 is 1.44 bits per heavy atom.